The summed E-state index contributed by atoms with van der Waals surface area (Å²) in [6.07, 6.45) is 1.15. The molecule has 1 N–H and O–H groups in total. The van der Waals surface area contributed by atoms with Gasteiger partial charge in [-0.3, -0.25) is 4.90 Å². The van der Waals surface area contributed by atoms with E-state index in [1.54, 1.807) is 7.11 Å². The second-order valence-corrected chi connectivity index (χ2v) is 6.42. The van der Waals surface area contributed by atoms with Crippen molar-refractivity contribution >= 4 is 15.9 Å². The van der Waals surface area contributed by atoms with Crippen molar-refractivity contribution in [1.29, 1.82) is 0 Å². The van der Waals surface area contributed by atoms with E-state index < -0.39 is 0 Å². The lowest BCUT2D eigenvalue weighted by atomic mass is 9.95. The third kappa shape index (κ3) is 3.71. The molecule has 1 aromatic carbocycles. The summed E-state index contributed by atoms with van der Waals surface area (Å²) in [7, 11) is 1.74. The van der Waals surface area contributed by atoms with Crippen molar-refractivity contribution in [2.75, 3.05) is 26.7 Å². The number of hydrogen-bond acceptors (Lipinski definition) is 3. The van der Waals surface area contributed by atoms with Gasteiger partial charge in [-0.1, -0.05) is 22.9 Å². The van der Waals surface area contributed by atoms with Crippen molar-refractivity contribution in [3.63, 3.8) is 0 Å². The van der Waals surface area contributed by atoms with Gasteiger partial charge in [0.05, 0.1) is 7.11 Å². The lowest BCUT2D eigenvalue weighted by molar-refractivity contribution is 0.132. The average molecular weight is 327 g/mol. The van der Waals surface area contributed by atoms with Gasteiger partial charge in [0.15, 0.2) is 0 Å². The van der Waals surface area contributed by atoms with Crippen molar-refractivity contribution < 1.29 is 4.74 Å². The Balaban J connectivity index is 2.10. The topological polar surface area (TPSA) is 24.5 Å². The number of ether oxygens (including phenoxy) is 1. The zero-order valence-electron chi connectivity index (χ0n) is 12.0. The number of methoxy groups -OCH3 is 1. The first-order valence-corrected chi connectivity index (χ1v) is 7.65. The summed E-state index contributed by atoms with van der Waals surface area (Å²) in [6, 6.07) is 6.21. The maximum Gasteiger partial charge on any atom is 0.123 e. The molecular weight excluding hydrogens is 304 g/mol. The van der Waals surface area contributed by atoms with Gasteiger partial charge in [0.25, 0.3) is 0 Å². The lowest BCUT2D eigenvalue weighted by Crippen LogP contribution is -2.58. The van der Waals surface area contributed by atoms with Crippen LogP contribution in [0.25, 0.3) is 0 Å². The average Bonchev–Trinajstić information content (AvgIpc) is 2.39. The molecule has 0 aromatic heterocycles. The van der Waals surface area contributed by atoms with Gasteiger partial charge in [-0.05, 0) is 31.5 Å². The third-order valence-corrected chi connectivity index (χ3v) is 4.46. The molecule has 1 aliphatic rings. The van der Waals surface area contributed by atoms with Gasteiger partial charge in [0, 0.05) is 41.8 Å². The zero-order chi connectivity index (χ0) is 13.9. The fourth-order valence-corrected chi connectivity index (χ4v) is 3.04. The first kappa shape index (κ1) is 14.8. The number of rotatable bonds is 4. The van der Waals surface area contributed by atoms with Crippen LogP contribution in [0.1, 0.15) is 25.8 Å². The SMILES string of the molecule is CCC1(C)CN(Cc2cc(Br)ccc2OC)CCN1. The predicted octanol–water partition coefficient (Wildman–Crippen LogP) is 3.03. The van der Waals surface area contributed by atoms with Crippen LogP contribution in [0.5, 0.6) is 5.75 Å². The quantitative estimate of drug-likeness (QED) is 0.920. The summed E-state index contributed by atoms with van der Waals surface area (Å²) < 4.78 is 6.57. The van der Waals surface area contributed by atoms with Crippen LogP contribution in [0.2, 0.25) is 0 Å². The highest BCUT2D eigenvalue weighted by atomic mass is 79.9. The Kier molecular flexibility index (Phi) is 4.87. The highest BCUT2D eigenvalue weighted by Gasteiger charge is 2.28. The van der Waals surface area contributed by atoms with E-state index in [0.29, 0.717) is 0 Å². The lowest BCUT2D eigenvalue weighted by Gasteiger charge is -2.41. The molecule has 0 bridgehead atoms. The van der Waals surface area contributed by atoms with Gasteiger partial charge in [0.2, 0.25) is 0 Å². The molecule has 1 fully saturated rings. The standard InChI is InChI=1S/C15H23BrN2O/c1-4-15(2)11-18(8-7-17-15)10-12-9-13(16)5-6-14(12)19-3/h5-6,9,17H,4,7-8,10-11H2,1-3H3. The number of piperazine rings is 1. The molecule has 3 nitrogen and oxygen atoms in total. The molecule has 0 aliphatic carbocycles. The largest absolute Gasteiger partial charge is 0.496 e. The molecule has 106 valence electrons. The summed E-state index contributed by atoms with van der Waals surface area (Å²) in [5.41, 5.74) is 1.48. The molecule has 1 unspecified atom stereocenters. The summed E-state index contributed by atoms with van der Waals surface area (Å²) in [6.45, 7) is 8.72. The van der Waals surface area contributed by atoms with Crippen LogP contribution in [-0.4, -0.2) is 37.2 Å². The second kappa shape index (κ2) is 6.25. The number of nitrogens with zero attached hydrogens (tertiary/aromatic N) is 1. The minimum absolute atomic E-state index is 0.234. The molecule has 1 atom stereocenters. The van der Waals surface area contributed by atoms with Crippen LogP contribution in [-0.2, 0) is 6.54 Å². The molecule has 1 aromatic rings. The first-order valence-electron chi connectivity index (χ1n) is 6.86. The number of nitrogens with one attached hydrogen (secondary N) is 1. The molecule has 0 amide bonds. The molecule has 19 heavy (non-hydrogen) atoms. The molecule has 1 aliphatic heterocycles. The highest BCUT2D eigenvalue weighted by molar-refractivity contribution is 9.10. The van der Waals surface area contributed by atoms with E-state index in [-0.39, 0.29) is 5.54 Å². The van der Waals surface area contributed by atoms with Crippen molar-refractivity contribution in [2.45, 2.75) is 32.4 Å². The maximum atomic E-state index is 5.46. The van der Waals surface area contributed by atoms with Gasteiger partial charge < -0.3 is 10.1 Å². The first-order chi connectivity index (χ1) is 9.06. The molecule has 2 rings (SSSR count). The van der Waals surface area contributed by atoms with Gasteiger partial charge >= 0.3 is 0 Å². The van der Waals surface area contributed by atoms with Gasteiger partial charge in [-0.25, -0.2) is 0 Å². The van der Waals surface area contributed by atoms with E-state index in [2.05, 4.69) is 46.1 Å². The third-order valence-electron chi connectivity index (χ3n) is 3.97. The Hall–Kier alpha value is -0.580. The Bertz CT molecular complexity index is 438. The minimum atomic E-state index is 0.234. The van der Waals surface area contributed by atoms with Crippen molar-refractivity contribution in [1.82, 2.24) is 10.2 Å². The molecule has 1 heterocycles. The van der Waals surface area contributed by atoms with Crippen molar-refractivity contribution in [3.8, 4) is 5.75 Å². The van der Waals surface area contributed by atoms with Crippen LogP contribution in [0.15, 0.2) is 22.7 Å². The van der Waals surface area contributed by atoms with E-state index in [1.807, 2.05) is 12.1 Å². The predicted molar refractivity (Wildman–Crippen MR) is 82.7 cm³/mol. The smallest absolute Gasteiger partial charge is 0.123 e. The molecule has 1 saturated heterocycles. The van der Waals surface area contributed by atoms with Gasteiger partial charge in [-0.2, -0.15) is 0 Å². The fourth-order valence-electron chi connectivity index (χ4n) is 2.63. The second-order valence-electron chi connectivity index (χ2n) is 5.51. The summed E-state index contributed by atoms with van der Waals surface area (Å²) in [4.78, 5) is 2.50. The number of halogens is 1. The molecule has 0 spiro atoms. The normalized spacial score (nSPS) is 24.4. The Morgan fingerprint density at radius 1 is 1.47 bits per heavy atom. The maximum absolute atomic E-state index is 5.46. The van der Waals surface area contributed by atoms with Crippen molar-refractivity contribution in [2.24, 2.45) is 0 Å². The molecule has 0 radical (unpaired) electrons. The van der Waals surface area contributed by atoms with Gasteiger partial charge in [0.1, 0.15) is 5.75 Å². The van der Waals surface area contributed by atoms with E-state index in [0.717, 1.165) is 42.8 Å². The van der Waals surface area contributed by atoms with Gasteiger partial charge in [-0.15, -0.1) is 0 Å². The van der Waals surface area contributed by atoms with Crippen LogP contribution in [0.3, 0.4) is 0 Å². The number of benzene rings is 1. The van der Waals surface area contributed by atoms with Crippen LogP contribution in [0.4, 0.5) is 0 Å². The Labute approximate surface area is 124 Å². The molecular formula is C15H23BrN2O. The van der Waals surface area contributed by atoms with Crippen LogP contribution < -0.4 is 10.1 Å². The highest BCUT2D eigenvalue weighted by Crippen LogP contribution is 2.26. The van der Waals surface area contributed by atoms with Crippen LogP contribution in [0, 0.1) is 0 Å². The van der Waals surface area contributed by atoms with E-state index in [1.165, 1.54) is 5.56 Å². The summed E-state index contributed by atoms with van der Waals surface area (Å²) >= 11 is 3.54. The minimum Gasteiger partial charge on any atom is -0.496 e. The fraction of sp³-hybridized carbons (Fsp3) is 0.600. The van der Waals surface area contributed by atoms with E-state index in [4.69, 9.17) is 4.74 Å². The molecule has 4 heteroatoms. The zero-order valence-corrected chi connectivity index (χ0v) is 13.6. The van der Waals surface area contributed by atoms with Crippen molar-refractivity contribution in [3.05, 3.63) is 28.2 Å². The Morgan fingerprint density at radius 3 is 2.95 bits per heavy atom. The van der Waals surface area contributed by atoms with E-state index >= 15 is 0 Å². The van der Waals surface area contributed by atoms with Crippen LogP contribution >= 0.6 is 15.9 Å². The molecule has 0 saturated carbocycles. The van der Waals surface area contributed by atoms with E-state index in [9.17, 15) is 0 Å². The summed E-state index contributed by atoms with van der Waals surface area (Å²) in [5, 5.41) is 3.62. The summed E-state index contributed by atoms with van der Waals surface area (Å²) in [5.74, 6) is 0.972. The number of hydrogen-bond donors (Lipinski definition) is 1. The Morgan fingerprint density at radius 2 is 2.26 bits per heavy atom. The monoisotopic (exact) mass is 326 g/mol.